The van der Waals surface area contributed by atoms with Crippen LogP contribution in [0.2, 0.25) is 0 Å². The van der Waals surface area contributed by atoms with Crippen LogP contribution in [0.3, 0.4) is 0 Å². The molecule has 0 aliphatic heterocycles. The fourth-order valence-corrected chi connectivity index (χ4v) is 3.07. The summed E-state index contributed by atoms with van der Waals surface area (Å²) in [7, 11) is 0. The molecular formula is C18H38. The Balaban J connectivity index is 4.13. The Morgan fingerprint density at radius 1 is 0.722 bits per heavy atom. The van der Waals surface area contributed by atoms with Gasteiger partial charge in [0.25, 0.3) is 0 Å². The molecule has 0 heteroatoms. The van der Waals surface area contributed by atoms with E-state index in [2.05, 4.69) is 48.5 Å². The van der Waals surface area contributed by atoms with E-state index in [1.807, 2.05) is 0 Å². The van der Waals surface area contributed by atoms with Gasteiger partial charge in [0.1, 0.15) is 0 Å². The lowest BCUT2D eigenvalue weighted by Crippen LogP contribution is -2.18. The average Bonchev–Trinajstić information content (AvgIpc) is 2.26. The lowest BCUT2D eigenvalue weighted by molar-refractivity contribution is 0.223. The van der Waals surface area contributed by atoms with Crippen LogP contribution in [0.25, 0.3) is 0 Å². The van der Waals surface area contributed by atoms with E-state index < -0.39 is 0 Å². The van der Waals surface area contributed by atoms with Crippen molar-refractivity contribution in [2.45, 2.75) is 87.0 Å². The second-order valence-electron chi connectivity index (χ2n) is 7.32. The van der Waals surface area contributed by atoms with E-state index in [0.29, 0.717) is 0 Å². The Bertz CT molecular complexity index is 180. The molecule has 0 aromatic heterocycles. The van der Waals surface area contributed by atoms with Crippen molar-refractivity contribution < 1.29 is 0 Å². The van der Waals surface area contributed by atoms with Crippen molar-refractivity contribution in [2.75, 3.05) is 0 Å². The summed E-state index contributed by atoms with van der Waals surface area (Å²) < 4.78 is 0. The lowest BCUT2D eigenvalue weighted by Gasteiger charge is -2.28. The smallest absolute Gasteiger partial charge is 0.0388 e. The molecule has 0 bridgehead atoms. The molecule has 0 saturated heterocycles. The van der Waals surface area contributed by atoms with Crippen LogP contribution in [-0.2, 0) is 0 Å². The highest BCUT2D eigenvalue weighted by Crippen LogP contribution is 2.31. The monoisotopic (exact) mass is 254 g/mol. The van der Waals surface area contributed by atoms with E-state index in [4.69, 9.17) is 0 Å². The Kier molecular flexibility index (Phi) is 9.87. The Labute approximate surface area is 117 Å². The third-order valence-electron chi connectivity index (χ3n) is 4.61. The van der Waals surface area contributed by atoms with Gasteiger partial charge in [-0.3, -0.25) is 0 Å². The van der Waals surface area contributed by atoms with Gasteiger partial charge in [0.2, 0.25) is 0 Å². The molecule has 0 aliphatic carbocycles. The minimum absolute atomic E-state index is 0.847. The maximum atomic E-state index is 2.47. The molecule has 0 aromatic rings. The van der Waals surface area contributed by atoms with Gasteiger partial charge < -0.3 is 0 Å². The van der Waals surface area contributed by atoms with E-state index in [1.54, 1.807) is 0 Å². The molecule has 0 rings (SSSR count). The molecule has 0 aromatic carbocycles. The molecule has 0 fully saturated rings. The normalized spacial score (nSPS) is 17.2. The van der Waals surface area contributed by atoms with Crippen LogP contribution >= 0.6 is 0 Å². The molecule has 0 heterocycles. The van der Waals surface area contributed by atoms with Crippen LogP contribution in [-0.4, -0.2) is 0 Å². The molecule has 18 heavy (non-hydrogen) atoms. The fraction of sp³-hybridized carbons (Fsp3) is 1.00. The number of hydrogen-bond donors (Lipinski definition) is 0. The summed E-state index contributed by atoms with van der Waals surface area (Å²) in [6, 6.07) is 0. The summed E-state index contributed by atoms with van der Waals surface area (Å²) in [5, 5.41) is 0. The summed E-state index contributed by atoms with van der Waals surface area (Å²) in [4.78, 5) is 0. The lowest BCUT2D eigenvalue weighted by atomic mass is 9.77. The average molecular weight is 255 g/mol. The van der Waals surface area contributed by atoms with Crippen molar-refractivity contribution in [2.24, 2.45) is 29.6 Å². The highest BCUT2D eigenvalue weighted by Gasteiger charge is 2.20. The van der Waals surface area contributed by atoms with E-state index in [0.717, 1.165) is 29.6 Å². The molecule has 0 saturated carbocycles. The molecule has 3 unspecified atom stereocenters. The van der Waals surface area contributed by atoms with Crippen molar-refractivity contribution in [1.82, 2.24) is 0 Å². The van der Waals surface area contributed by atoms with Gasteiger partial charge in [-0.2, -0.15) is 0 Å². The van der Waals surface area contributed by atoms with Crippen LogP contribution < -0.4 is 0 Å². The van der Waals surface area contributed by atoms with Crippen molar-refractivity contribution >= 4 is 0 Å². The first-order chi connectivity index (χ1) is 8.38. The van der Waals surface area contributed by atoms with Gasteiger partial charge in [-0.05, 0) is 42.4 Å². The first-order valence-corrected chi connectivity index (χ1v) is 8.38. The predicted octanol–water partition coefficient (Wildman–Crippen LogP) is 6.55. The summed E-state index contributed by atoms with van der Waals surface area (Å²) in [5.74, 6) is 4.43. The quantitative estimate of drug-likeness (QED) is 0.388. The molecule has 0 spiro atoms. The Hall–Kier alpha value is 0. The zero-order chi connectivity index (χ0) is 14.1. The van der Waals surface area contributed by atoms with Crippen molar-refractivity contribution in [3.8, 4) is 0 Å². The van der Waals surface area contributed by atoms with Crippen molar-refractivity contribution in [1.29, 1.82) is 0 Å². The third-order valence-corrected chi connectivity index (χ3v) is 4.61. The van der Waals surface area contributed by atoms with Gasteiger partial charge in [0.05, 0.1) is 0 Å². The molecule has 110 valence electrons. The second-order valence-corrected chi connectivity index (χ2v) is 7.32. The van der Waals surface area contributed by atoms with Gasteiger partial charge in [-0.1, -0.05) is 74.1 Å². The van der Waals surface area contributed by atoms with E-state index in [-0.39, 0.29) is 0 Å². The van der Waals surface area contributed by atoms with Crippen molar-refractivity contribution in [3.05, 3.63) is 0 Å². The van der Waals surface area contributed by atoms with Crippen LogP contribution in [0.15, 0.2) is 0 Å². The Morgan fingerprint density at radius 2 is 1.28 bits per heavy atom. The van der Waals surface area contributed by atoms with E-state index in [9.17, 15) is 0 Å². The minimum Gasteiger partial charge on any atom is -0.0654 e. The maximum Gasteiger partial charge on any atom is -0.0388 e. The molecular weight excluding hydrogens is 216 g/mol. The van der Waals surface area contributed by atoms with Gasteiger partial charge >= 0.3 is 0 Å². The number of rotatable bonds is 10. The van der Waals surface area contributed by atoms with Crippen LogP contribution in [0.5, 0.6) is 0 Å². The first kappa shape index (κ1) is 18.0. The summed E-state index contributed by atoms with van der Waals surface area (Å²) >= 11 is 0. The molecule has 0 radical (unpaired) electrons. The Morgan fingerprint density at radius 3 is 1.72 bits per heavy atom. The molecule has 3 atom stereocenters. The number of unbranched alkanes of at least 4 members (excludes halogenated alkanes) is 2. The fourth-order valence-electron chi connectivity index (χ4n) is 3.07. The second kappa shape index (κ2) is 9.87. The highest BCUT2D eigenvalue weighted by atomic mass is 14.3. The zero-order valence-corrected chi connectivity index (χ0v) is 14.1. The molecule has 0 aliphatic rings. The van der Waals surface area contributed by atoms with E-state index >= 15 is 0 Å². The summed E-state index contributed by atoms with van der Waals surface area (Å²) in [5.41, 5.74) is 0. The maximum absolute atomic E-state index is 2.47. The van der Waals surface area contributed by atoms with Gasteiger partial charge in [-0.25, -0.2) is 0 Å². The van der Waals surface area contributed by atoms with Crippen molar-refractivity contribution in [3.63, 3.8) is 0 Å². The van der Waals surface area contributed by atoms with Crippen LogP contribution in [0.1, 0.15) is 87.0 Å². The van der Waals surface area contributed by atoms with Gasteiger partial charge in [0, 0.05) is 0 Å². The van der Waals surface area contributed by atoms with Gasteiger partial charge in [0.15, 0.2) is 0 Å². The predicted molar refractivity (Wildman–Crippen MR) is 84.9 cm³/mol. The SMILES string of the molecule is CCCCCC(CC(C)C(C)CC(C)C)C(C)C. The highest BCUT2D eigenvalue weighted by molar-refractivity contribution is 4.71. The summed E-state index contributed by atoms with van der Waals surface area (Å²) in [6.07, 6.45) is 8.48. The summed E-state index contributed by atoms with van der Waals surface area (Å²) in [6.45, 7) is 16.8. The molecule has 0 nitrogen and oxygen atoms in total. The minimum atomic E-state index is 0.847. The topological polar surface area (TPSA) is 0 Å². The van der Waals surface area contributed by atoms with Gasteiger partial charge in [-0.15, -0.1) is 0 Å². The van der Waals surface area contributed by atoms with Crippen LogP contribution in [0, 0.1) is 29.6 Å². The van der Waals surface area contributed by atoms with Crippen LogP contribution in [0.4, 0.5) is 0 Å². The number of hydrogen-bond acceptors (Lipinski definition) is 0. The first-order valence-electron chi connectivity index (χ1n) is 8.38. The molecule has 0 amide bonds. The standard InChI is InChI=1S/C18H38/c1-8-9-10-11-18(15(4)5)13-17(7)16(6)12-14(2)3/h14-18H,8-13H2,1-7H3. The third kappa shape index (κ3) is 8.16. The molecule has 0 N–H and O–H groups in total. The zero-order valence-electron chi connectivity index (χ0n) is 14.1. The largest absolute Gasteiger partial charge is 0.0654 e. The van der Waals surface area contributed by atoms with E-state index in [1.165, 1.54) is 38.5 Å².